The fraction of sp³-hybridized carbons (Fsp3) is 0.321. The van der Waals surface area contributed by atoms with E-state index >= 15 is 0 Å². The number of ether oxygens (including phenoxy) is 1. The Kier molecular flexibility index (Phi) is 8.68. The minimum atomic E-state index is -1.06. The average Bonchev–Trinajstić information content (AvgIpc) is 2.89. The van der Waals surface area contributed by atoms with Crippen LogP contribution in [0.2, 0.25) is 0 Å². The smallest absolute Gasteiger partial charge is 0.404 e. The fourth-order valence-electron chi connectivity index (χ4n) is 4.53. The Bertz CT molecular complexity index is 1240. The number of hydrogen-bond acceptors (Lipinski definition) is 5. The second-order valence-electron chi connectivity index (χ2n) is 9.14. The molecule has 0 bridgehead atoms. The number of pyridine rings is 1. The Morgan fingerprint density at radius 2 is 1.65 bits per heavy atom. The number of aliphatic hydroxyl groups excluding tert-OH is 1. The van der Waals surface area contributed by atoms with Gasteiger partial charge in [-0.1, -0.05) is 36.4 Å². The second kappa shape index (κ2) is 12.3. The Morgan fingerprint density at radius 3 is 2.35 bits per heavy atom. The lowest BCUT2D eigenvalue weighted by molar-refractivity contribution is 0.0919. The summed E-state index contributed by atoms with van der Waals surface area (Å²) in [7, 11) is 0. The predicted octanol–water partition coefficient (Wildman–Crippen LogP) is 4.91. The molecule has 1 aliphatic carbocycles. The van der Waals surface area contributed by atoms with Gasteiger partial charge in [0, 0.05) is 18.7 Å². The summed E-state index contributed by atoms with van der Waals surface area (Å²) in [5.74, 6) is -0.703. The van der Waals surface area contributed by atoms with Crippen LogP contribution in [-0.2, 0) is 6.42 Å². The van der Waals surface area contributed by atoms with Gasteiger partial charge in [-0.2, -0.15) is 0 Å². The van der Waals surface area contributed by atoms with Crippen molar-refractivity contribution in [1.29, 1.82) is 0 Å². The Hall–Kier alpha value is -3.98. The van der Waals surface area contributed by atoms with Gasteiger partial charge < -0.3 is 25.6 Å². The van der Waals surface area contributed by atoms with Gasteiger partial charge in [-0.3, -0.25) is 4.79 Å². The highest BCUT2D eigenvalue weighted by molar-refractivity contribution is 5.96. The zero-order valence-electron chi connectivity index (χ0n) is 20.3. The molecular formula is C28H30FN3O5. The number of carboxylic acid groups (broad SMARTS) is 1. The van der Waals surface area contributed by atoms with Crippen molar-refractivity contribution in [2.75, 3.05) is 6.61 Å². The summed E-state index contributed by atoms with van der Waals surface area (Å²) in [6.45, 7) is 0.136. The number of hydrogen-bond donors (Lipinski definition) is 4. The van der Waals surface area contributed by atoms with Gasteiger partial charge in [0.1, 0.15) is 17.1 Å². The average molecular weight is 508 g/mol. The van der Waals surface area contributed by atoms with Crippen LogP contribution in [0, 0.1) is 5.82 Å². The molecule has 4 rings (SSSR count). The van der Waals surface area contributed by atoms with E-state index in [1.54, 1.807) is 6.07 Å². The summed E-state index contributed by atoms with van der Waals surface area (Å²) in [4.78, 5) is 27.9. The number of nitrogens with zero attached hydrogens (tertiary/aromatic N) is 1. The van der Waals surface area contributed by atoms with E-state index in [2.05, 4.69) is 21.7 Å². The van der Waals surface area contributed by atoms with E-state index in [9.17, 15) is 14.0 Å². The van der Waals surface area contributed by atoms with Crippen molar-refractivity contribution in [3.63, 3.8) is 0 Å². The molecule has 1 heterocycles. The van der Waals surface area contributed by atoms with Gasteiger partial charge in [0.2, 0.25) is 5.88 Å². The molecule has 1 saturated carbocycles. The van der Waals surface area contributed by atoms with Crippen molar-refractivity contribution in [3.05, 3.63) is 77.7 Å². The standard InChI is InChI=1S/C28H30FN3O5/c29-21-16-25(26(34)31-22-9-11-23(12-10-22)32-28(35)36)27(30-17-21)37-24-8-2-7-20(15-24)19-6-1-4-18(14-19)5-3-13-33/h1-2,4,6-8,14-17,22-23,32-33H,3,5,9-13H2,(H,31,34)(H,35,36)/t22-,23-. The van der Waals surface area contributed by atoms with Gasteiger partial charge in [-0.25, -0.2) is 14.2 Å². The molecule has 0 saturated heterocycles. The minimum Gasteiger partial charge on any atom is -0.465 e. The zero-order chi connectivity index (χ0) is 26.2. The maximum Gasteiger partial charge on any atom is 0.404 e. The van der Waals surface area contributed by atoms with Crippen LogP contribution in [0.1, 0.15) is 48.0 Å². The summed E-state index contributed by atoms with van der Waals surface area (Å²) in [5, 5.41) is 23.4. The maximum atomic E-state index is 14.0. The molecule has 194 valence electrons. The third kappa shape index (κ3) is 7.27. The molecule has 8 nitrogen and oxygen atoms in total. The fourth-order valence-corrected chi connectivity index (χ4v) is 4.53. The van der Waals surface area contributed by atoms with Crippen molar-refractivity contribution >= 4 is 12.0 Å². The van der Waals surface area contributed by atoms with Crippen LogP contribution >= 0.6 is 0 Å². The number of aliphatic hydroxyl groups is 1. The Labute approximate surface area is 214 Å². The predicted molar refractivity (Wildman–Crippen MR) is 136 cm³/mol. The lowest BCUT2D eigenvalue weighted by Gasteiger charge is -2.29. The molecule has 37 heavy (non-hydrogen) atoms. The molecule has 0 spiro atoms. The zero-order valence-corrected chi connectivity index (χ0v) is 20.3. The van der Waals surface area contributed by atoms with Crippen LogP contribution in [-0.4, -0.2) is 45.9 Å². The third-order valence-electron chi connectivity index (χ3n) is 6.38. The molecular weight excluding hydrogens is 477 g/mol. The SMILES string of the molecule is O=C(O)N[C@H]1CC[C@H](NC(=O)c2cc(F)cnc2Oc2cccc(-c3cccc(CCCO)c3)c2)CC1. The number of carbonyl (C=O) groups is 2. The van der Waals surface area contributed by atoms with Crippen LogP contribution in [0.25, 0.3) is 11.1 Å². The van der Waals surface area contributed by atoms with E-state index in [4.69, 9.17) is 14.9 Å². The van der Waals surface area contributed by atoms with Crippen LogP contribution in [0.5, 0.6) is 11.6 Å². The maximum absolute atomic E-state index is 14.0. The van der Waals surface area contributed by atoms with Crippen molar-refractivity contribution in [3.8, 4) is 22.8 Å². The summed E-state index contributed by atoms with van der Waals surface area (Å²) in [5.41, 5.74) is 2.99. The molecule has 4 N–H and O–H groups in total. The molecule has 0 atom stereocenters. The van der Waals surface area contributed by atoms with Gasteiger partial charge in [-0.15, -0.1) is 0 Å². The normalized spacial score (nSPS) is 17.1. The summed E-state index contributed by atoms with van der Waals surface area (Å²) < 4.78 is 20.0. The van der Waals surface area contributed by atoms with E-state index < -0.39 is 17.8 Å². The number of rotatable bonds is 9. The number of benzene rings is 2. The third-order valence-corrected chi connectivity index (χ3v) is 6.38. The quantitative estimate of drug-likeness (QED) is 0.327. The van der Waals surface area contributed by atoms with Gasteiger partial charge in [-0.05, 0) is 73.4 Å². The van der Waals surface area contributed by atoms with Gasteiger partial charge >= 0.3 is 6.09 Å². The first kappa shape index (κ1) is 26.1. The number of halogens is 1. The monoisotopic (exact) mass is 507 g/mol. The lowest BCUT2D eigenvalue weighted by Crippen LogP contribution is -2.43. The molecule has 0 radical (unpaired) electrons. The Morgan fingerprint density at radius 1 is 0.973 bits per heavy atom. The van der Waals surface area contributed by atoms with Crippen molar-refractivity contribution in [1.82, 2.24) is 15.6 Å². The van der Waals surface area contributed by atoms with E-state index in [1.165, 1.54) is 0 Å². The van der Waals surface area contributed by atoms with Crippen LogP contribution in [0.3, 0.4) is 0 Å². The molecule has 0 aliphatic heterocycles. The molecule has 3 aromatic rings. The largest absolute Gasteiger partial charge is 0.465 e. The highest BCUT2D eigenvalue weighted by Gasteiger charge is 2.25. The summed E-state index contributed by atoms with van der Waals surface area (Å²) >= 11 is 0. The molecule has 1 aromatic heterocycles. The van der Waals surface area contributed by atoms with Crippen LogP contribution < -0.4 is 15.4 Å². The second-order valence-corrected chi connectivity index (χ2v) is 9.14. The highest BCUT2D eigenvalue weighted by atomic mass is 19.1. The van der Waals surface area contributed by atoms with Crippen molar-refractivity contribution in [2.24, 2.45) is 0 Å². The summed E-state index contributed by atoms with van der Waals surface area (Å²) in [6.07, 6.45) is 3.84. The van der Waals surface area contributed by atoms with Gasteiger partial charge in [0.05, 0.1) is 6.20 Å². The molecule has 1 aliphatic rings. The molecule has 1 fully saturated rings. The molecule has 0 unspecified atom stereocenters. The number of aromatic nitrogens is 1. The first-order valence-electron chi connectivity index (χ1n) is 12.3. The Balaban J connectivity index is 1.47. The lowest BCUT2D eigenvalue weighted by atomic mass is 9.91. The topological polar surface area (TPSA) is 121 Å². The van der Waals surface area contributed by atoms with Crippen molar-refractivity contribution in [2.45, 2.75) is 50.6 Å². The van der Waals surface area contributed by atoms with Gasteiger partial charge in [0.15, 0.2) is 0 Å². The van der Waals surface area contributed by atoms with Crippen molar-refractivity contribution < 1.29 is 28.9 Å². The number of amides is 2. The molecule has 2 aromatic carbocycles. The molecule has 2 amide bonds. The van der Waals surface area contributed by atoms with Crippen LogP contribution in [0.15, 0.2) is 60.8 Å². The van der Waals surface area contributed by atoms with Crippen LogP contribution in [0.4, 0.5) is 9.18 Å². The number of nitrogens with one attached hydrogen (secondary N) is 2. The first-order chi connectivity index (χ1) is 17.9. The van der Waals surface area contributed by atoms with E-state index in [0.29, 0.717) is 37.9 Å². The highest BCUT2D eigenvalue weighted by Crippen LogP contribution is 2.29. The summed E-state index contributed by atoms with van der Waals surface area (Å²) in [6, 6.07) is 16.2. The van der Waals surface area contributed by atoms with Gasteiger partial charge in [0.25, 0.3) is 5.91 Å². The van der Waals surface area contributed by atoms with E-state index in [-0.39, 0.29) is 30.1 Å². The first-order valence-corrected chi connectivity index (χ1v) is 12.3. The number of aryl methyl sites for hydroxylation is 1. The van der Waals surface area contributed by atoms with E-state index in [0.717, 1.165) is 35.4 Å². The minimum absolute atomic E-state index is 0.00558. The van der Waals surface area contributed by atoms with E-state index in [1.807, 2.05) is 36.4 Å². The number of carbonyl (C=O) groups excluding carboxylic acids is 1. The molecule has 9 heteroatoms.